The van der Waals surface area contributed by atoms with Crippen molar-refractivity contribution >= 4 is 19.7 Å². The molecule has 1 saturated carbocycles. The third-order valence-electron chi connectivity index (χ3n) is 4.02. The van der Waals surface area contributed by atoms with Gasteiger partial charge in [-0.25, -0.2) is 16.8 Å². The molecule has 1 aliphatic rings. The van der Waals surface area contributed by atoms with E-state index in [0.29, 0.717) is 12.1 Å². The highest BCUT2D eigenvalue weighted by molar-refractivity contribution is 7.93. The van der Waals surface area contributed by atoms with Crippen molar-refractivity contribution in [3.63, 3.8) is 0 Å². The Morgan fingerprint density at radius 1 is 1.10 bits per heavy atom. The molecule has 0 spiro atoms. The lowest BCUT2D eigenvalue weighted by atomic mass is 9.64. The van der Waals surface area contributed by atoms with Crippen LogP contribution in [0.25, 0.3) is 0 Å². The minimum Gasteiger partial charge on any atom is -0.330 e. The molecular weight excluding hydrogens is 298 g/mol. The lowest BCUT2D eigenvalue weighted by Gasteiger charge is -2.42. The van der Waals surface area contributed by atoms with Crippen LogP contribution in [0.15, 0.2) is 28.0 Å². The van der Waals surface area contributed by atoms with Crippen LogP contribution < -0.4 is 5.73 Å². The van der Waals surface area contributed by atoms with Crippen molar-refractivity contribution in [1.29, 1.82) is 0 Å². The average molecular weight is 317 g/mol. The lowest BCUT2D eigenvalue weighted by Crippen LogP contribution is -2.42. The molecule has 20 heavy (non-hydrogen) atoms. The van der Waals surface area contributed by atoms with Crippen molar-refractivity contribution in [1.82, 2.24) is 0 Å². The van der Waals surface area contributed by atoms with Gasteiger partial charge < -0.3 is 5.73 Å². The molecule has 7 heteroatoms. The van der Waals surface area contributed by atoms with Crippen molar-refractivity contribution in [3.05, 3.63) is 23.8 Å². The topological polar surface area (TPSA) is 94.3 Å². The van der Waals surface area contributed by atoms with Crippen LogP contribution in [-0.2, 0) is 25.1 Å². The molecule has 2 rings (SSSR count). The van der Waals surface area contributed by atoms with E-state index in [9.17, 15) is 16.8 Å². The molecule has 0 atom stereocenters. The zero-order valence-electron chi connectivity index (χ0n) is 11.6. The van der Waals surface area contributed by atoms with E-state index in [4.69, 9.17) is 5.73 Å². The van der Waals surface area contributed by atoms with Gasteiger partial charge in [0.25, 0.3) is 0 Å². The second kappa shape index (κ2) is 4.82. The number of benzene rings is 1. The van der Waals surface area contributed by atoms with E-state index in [1.165, 1.54) is 6.07 Å². The standard InChI is InChI=1S/C13H19NO4S2/c1-19(15,16)11-6-3-5-10(12(11)20(2,17)18)13(9-14)7-4-8-13/h3,5-6H,4,7-9,14H2,1-2H3. The highest BCUT2D eigenvalue weighted by Crippen LogP contribution is 2.46. The SMILES string of the molecule is CS(=O)(=O)c1cccc(C2(CN)CCC2)c1S(C)(=O)=O. The molecule has 0 bridgehead atoms. The van der Waals surface area contributed by atoms with Gasteiger partial charge >= 0.3 is 0 Å². The fourth-order valence-corrected chi connectivity index (χ4v) is 5.59. The summed E-state index contributed by atoms with van der Waals surface area (Å²) in [4.78, 5) is -0.204. The van der Waals surface area contributed by atoms with Gasteiger partial charge in [0.1, 0.15) is 0 Å². The minimum atomic E-state index is -3.65. The van der Waals surface area contributed by atoms with Gasteiger partial charge in [0.15, 0.2) is 19.7 Å². The van der Waals surface area contributed by atoms with Crippen LogP contribution in [0.4, 0.5) is 0 Å². The van der Waals surface area contributed by atoms with Gasteiger partial charge in [-0.2, -0.15) is 0 Å². The van der Waals surface area contributed by atoms with Gasteiger partial charge in [-0.1, -0.05) is 18.6 Å². The molecule has 2 N–H and O–H groups in total. The largest absolute Gasteiger partial charge is 0.330 e. The highest BCUT2D eigenvalue weighted by Gasteiger charge is 2.41. The first-order valence-corrected chi connectivity index (χ1v) is 10.1. The lowest BCUT2D eigenvalue weighted by molar-refractivity contribution is 0.247. The summed E-state index contributed by atoms with van der Waals surface area (Å²) >= 11 is 0. The summed E-state index contributed by atoms with van der Waals surface area (Å²) < 4.78 is 48.0. The summed E-state index contributed by atoms with van der Waals surface area (Å²) in [5.41, 5.74) is 5.98. The van der Waals surface area contributed by atoms with Crippen LogP contribution in [0, 0.1) is 0 Å². The molecular formula is C13H19NO4S2. The number of sulfone groups is 2. The molecule has 0 saturated heterocycles. The first-order valence-electron chi connectivity index (χ1n) is 6.35. The van der Waals surface area contributed by atoms with E-state index in [0.717, 1.165) is 31.8 Å². The van der Waals surface area contributed by atoms with E-state index >= 15 is 0 Å². The normalized spacial score (nSPS) is 18.6. The van der Waals surface area contributed by atoms with Crippen LogP contribution >= 0.6 is 0 Å². The molecule has 0 amide bonds. The molecule has 1 aliphatic carbocycles. The van der Waals surface area contributed by atoms with E-state index in [-0.39, 0.29) is 9.79 Å². The molecule has 0 radical (unpaired) electrons. The highest BCUT2D eigenvalue weighted by atomic mass is 32.2. The van der Waals surface area contributed by atoms with Gasteiger partial charge in [-0.3, -0.25) is 0 Å². The fourth-order valence-electron chi connectivity index (χ4n) is 2.79. The smallest absolute Gasteiger partial charge is 0.177 e. The van der Waals surface area contributed by atoms with Crippen molar-refractivity contribution in [3.8, 4) is 0 Å². The number of hydrogen-bond acceptors (Lipinski definition) is 5. The first kappa shape index (κ1) is 15.5. The third-order valence-corrected chi connectivity index (χ3v) is 6.47. The van der Waals surface area contributed by atoms with Gasteiger partial charge in [0.05, 0.1) is 9.79 Å². The maximum Gasteiger partial charge on any atom is 0.177 e. The van der Waals surface area contributed by atoms with Crippen LogP contribution in [-0.4, -0.2) is 35.9 Å². The summed E-state index contributed by atoms with van der Waals surface area (Å²) in [7, 11) is -7.26. The third kappa shape index (κ3) is 2.49. The van der Waals surface area contributed by atoms with Gasteiger partial charge in [-0.15, -0.1) is 0 Å². The minimum absolute atomic E-state index is 0.0762. The van der Waals surface area contributed by atoms with E-state index in [1.54, 1.807) is 12.1 Å². The predicted molar refractivity (Wildman–Crippen MR) is 77.2 cm³/mol. The summed E-state index contributed by atoms with van der Waals surface area (Å²) in [6, 6.07) is 4.63. The van der Waals surface area contributed by atoms with E-state index in [1.807, 2.05) is 0 Å². The molecule has 1 aromatic rings. The Labute approximate surface area is 120 Å². The van der Waals surface area contributed by atoms with Gasteiger partial charge in [0, 0.05) is 24.5 Å². The van der Waals surface area contributed by atoms with Crippen molar-refractivity contribution in [2.24, 2.45) is 5.73 Å². The van der Waals surface area contributed by atoms with Crippen molar-refractivity contribution < 1.29 is 16.8 Å². The predicted octanol–water partition coefficient (Wildman–Crippen LogP) is 0.874. The van der Waals surface area contributed by atoms with Crippen LogP contribution in [0.3, 0.4) is 0 Å². The summed E-state index contributed by atoms with van der Waals surface area (Å²) in [5.74, 6) is 0. The number of hydrogen-bond donors (Lipinski definition) is 1. The molecule has 0 unspecified atom stereocenters. The second-order valence-electron chi connectivity index (χ2n) is 5.52. The van der Waals surface area contributed by atoms with Gasteiger partial charge in [0.2, 0.25) is 0 Å². The molecule has 112 valence electrons. The quantitative estimate of drug-likeness (QED) is 0.889. The maximum atomic E-state index is 12.1. The Kier molecular flexibility index (Phi) is 3.73. The monoisotopic (exact) mass is 317 g/mol. The Morgan fingerprint density at radius 3 is 2.05 bits per heavy atom. The molecule has 0 aromatic heterocycles. The van der Waals surface area contributed by atoms with Crippen LogP contribution in [0.2, 0.25) is 0 Å². The average Bonchev–Trinajstić information content (AvgIpc) is 2.25. The number of rotatable bonds is 4. The van der Waals surface area contributed by atoms with Crippen molar-refractivity contribution in [2.45, 2.75) is 34.5 Å². The van der Waals surface area contributed by atoms with Crippen LogP contribution in [0.1, 0.15) is 24.8 Å². The molecule has 0 aliphatic heterocycles. The van der Waals surface area contributed by atoms with Gasteiger partial charge in [-0.05, 0) is 24.5 Å². The Hall–Kier alpha value is -0.920. The summed E-state index contributed by atoms with van der Waals surface area (Å²) in [5, 5.41) is 0. The maximum absolute atomic E-state index is 12.1. The Morgan fingerprint density at radius 2 is 1.70 bits per heavy atom. The number of nitrogens with two attached hydrogens (primary N) is 1. The molecule has 0 heterocycles. The summed E-state index contributed by atoms with van der Waals surface area (Å²) in [6.07, 6.45) is 4.63. The molecule has 1 fully saturated rings. The fraction of sp³-hybridized carbons (Fsp3) is 0.538. The second-order valence-corrected chi connectivity index (χ2v) is 9.45. The van der Waals surface area contributed by atoms with E-state index in [2.05, 4.69) is 0 Å². The van der Waals surface area contributed by atoms with Crippen LogP contribution in [0.5, 0.6) is 0 Å². The zero-order valence-corrected chi connectivity index (χ0v) is 13.2. The van der Waals surface area contributed by atoms with Crippen molar-refractivity contribution in [2.75, 3.05) is 19.1 Å². The first-order chi connectivity index (χ1) is 9.12. The molecule has 1 aromatic carbocycles. The van der Waals surface area contributed by atoms with E-state index < -0.39 is 25.1 Å². The zero-order chi connectivity index (χ0) is 15.2. The Bertz CT molecular complexity index is 726. The molecule has 5 nitrogen and oxygen atoms in total. The Balaban J connectivity index is 2.84. The summed E-state index contributed by atoms with van der Waals surface area (Å²) in [6.45, 7) is 0.322.